The van der Waals surface area contributed by atoms with Crippen LogP contribution in [0.1, 0.15) is 24.9 Å². The molecule has 0 saturated carbocycles. The summed E-state index contributed by atoms with van der Waals surface area (Å²) >= 11 is 0. The highest BCUT2D eigenvalue weighted by molar-refractivity contribution is 6.05. The third-order valence-electron chi connectivity index (χ3n) is 3.45. The summed E-state index contributed by atoms with van der Waals surface area (Å²) in [5, 5.41) is 3.19. The van der Waals surface area contributed by atoms with Gasteiger partial charge >= 0.3 is 0 Å². The summed E-state index contributed by atoms with van der Waals surface area (Å²) in [7, 11) is 3.14. The topological polar surface area (TPSA) is 58.6 Å². The van der Waals surface area contributed by atoms with Gasteiger partial charge in [-0.3, -0.25) is 19.8 Å². The van der Waals surface area contributed by atoms with E-state index < -0.39 is 6.04 Å². The lowest BCUT2D eigenvalue weighted by Gasteiger charge is -2.18. The number of hydrogen-bond donors (Lipinski definition) is 1. The lowest BCUT2D eigenvalue weighted by atomic mass is 10.1. The van der Waals surface area contributed by atoms with Crippen LogP contribution in [-0.2, 0) is 9.59 Å². The summed E-state index contributed by atoms with van der Waals surface area (Å²) in [6, 6.07) is 7.22. The highest BCUT2D eigenvalue weighted by Gasteiger charge is 2.36. The number of nitrogens with zero attached hydrogens (tertiary/aromatic N) is 1. The van der Waals surface area contributed by atoms with Crippen LogP contribution < -0.4 is 10.1 Å². The molecular weight excluding hydrogens is 244 g/mol. The Kier molecular flexibility index (Phi) is 3.85. The molecule has 1 aromatic carbocycles. The molecule has 1 heterocycles. The number of likely N-dealkylation sites (tertiary alicyclic amines) is 1. The largest absolute Gasteiger partial charge is 0.497 e. The van der Waals surface area contributed by atoms with Crippen molar-refractivity contribution in [1.82, 2.24) is 10.2 Å². The normalized spacial score (nSPS) is 20.8. The summed E-state index contributed by atoms with van der Waals surface area (Å²) in [5.41, 5.74) is 1.05. The molecule has 0 bridgehead atoms. The smallest absolute Gasteiger partial charge is 0.246 e. The molecule has 0 aromatic heterocycles. The van der Waals surface area contributed by atoms with Crippen molar-refractivity contribution in [2.24, 2.45) is 0 Å². The standard InChI is InChI=1S/C14H18N2O3/c1-9(10-4-6-11(19-3)7-5-10)15-12-8-13(17)16(2)14(12)18/h4-7,9,12,15H,8H2,1-3H3. The zero-order chi connectivity index (χ0) is 14.0. The number of ether oxygens (including phenoxy) is 1. The average molecular weight is 262 g/mol. The summed E-state index contributed by atoms with van der Waals surface area (Å²) in [5.74, 6) is 0.498. The highest BCUT2D eigenvalue weighted by Crippen LogP contribution is 2.20. The summed E-state index contributed by atoms with van der Waals surface area (Å²) < 4.78 is 5.10. The lowest BCUT2D eigenvalue weighted by Crippen LogP contribution is -2.38. The first-order valence-electron chi connectivity index (χ1n) is 6.23. The number of hydrogen-bond acceptors (Lipinski definition) is 4. The van der Waals surface area contributed by atoms with Gasteiger partial charge in [0.2, 0.25) is 11.8 Å². The second kappa shape index (κ2) is 5.40. The number of benzene rings is 1. The number of carbonyl (C=O) groups excluding carboxylic acids is 2. The first-order valence-corrected chi connectivity index (χ1v) is 6.23. The van der Waals surface area contributed by atoms with Crippen LogP contribution in [0.3, 0.4) is 0 Å². The van der Waals surface area contributed by atoms with Gasteiger partial charge in [-0.25, -0.2) is 0 Å². The van der Waals surface area contributed by atoms with Gasteiger partial charge in [-0.1, -0.05) is 12.1 Å². The van der Waals surface area contributed by atoms with Crippen molar-refractivity contribution < 1.29 is 14.3 Å². The molecule has 2 rings (SSSR count). The van der Waals surface area contributed by atoms with E-state index >= 15 is 0 Å². The Morgan fingerprint density at radius 3 is 2.42 bits per heavy atom. The van der Waals surface area contributed by atoms with Crippen LogP contribution in [-0.4, -0.2) is 36.9 Å². The molecule has 1 aromatic rings. The van der Waals surface area contributed by atoms with Crippen molar-refractivity contribution in [1.29, 1.82) is 0 Å². The van der Waals surface area contributed by atoms with E-state index in [9.17, 15) is 9.59 Å². The van der Waals surface area contributed by atoms with Gasteiger partial charge in [0.1, 0.15) is 5.75 Å². The first kappa shape index (κ1) is 13.5. The van der Waals surface area contributed by atoms with Gasteiger partial charge in [-0.05, 0) is 24.6 Å². The zero-order valence-electron chi connectivity index (χ0n) is 11.3. The van der Waals surface area contributed by atoms with Gasteiger partial charge < -0.3 is 4.74 Å². The van der Waals surface area contributed by atoms with Crippen molar-refractivity contribution >= 4 is 11.8 Å². The lowest BCUT2D eigenvalue weighted by molar-refractivity contribution is -0.137. The minimum atomic E-state index is -0.422. The maximum absolute atomic E-state index is 11.8. The molecule has 1 saturated heterocycles. The molecule has 0 spiro atoms. The first-order chi connectivity index (χ1) is 9.02. The Balaban J connectivity index is 2.02. The SMILES string of the molecule is COc1ccc(C(C)NC2CC(=O)N(C)C2=O)cc1. The van der Waals surface area contributed by atoms with Gasteiger partial charge in [-0.2, -0.15) is 0 Å². The molecule has 0 aliphatic carbocycles. The van der Waals surface area contributed by atoms with Crippen molar-refractivity contribution in [3.63, 3.8) is 0 Å². The second-order valence-corrected chi connectivity index (χ2v) is 4.71. The predicted molar refractivity (Wildman–Crippen MR) is 70.7 cm³/mol. The van der Waals surface area contributed by atoms with Crippen LogP contribution in [0.2, 0.25) is 0 Å². The molecule has 5 heteroatoms. The van der Waals surface area contributed by atoms with E-state index in [0.717, 1.165) is 11.3 Å². The zero-order valence-corrected chi connectivity index (χ0v) is 11.3. The van der Waals surface area contributed by atoms with E-state index in [0.29, 0.717) is 0 Å². The van der Waals surface area contributed by atoms with Crippen LogP contribution in [0.25, 0.3) is 0 Å². The molecule has 1 aliphatic rings. The maximum Gasteiger partial charge on any atom is 0.246 e. The van der Waals surface area contributed by atoms with Crippen LogP contribution in [0.15, 0.2) is 24.3 Å². The number of methoxy groups -OCH3 is 1. The molecule has 19 heavy (non-hydrogen) atoms. The second-order valence-electron chi connectivity index (χ2n) is 4.71. The van der Waals surface area contributed by atoms with Gasteiger partial charge in [0.15, 0.2) is 0 Å². The van der Waals surface area contributed by atoms with E-state index in [1.807, 2.05) is 31.2 Å². The summed E-state index contributed by atoms with van der Waals surface area (Å²) in [4.78, 5) is 24.4. The minimum Gasteiger partial charge on any atom is -0.497 e. The fourth-order valence-electron chi connectivity index (χ4n) is 2.18. The third-order valence-corrected chi connectivity index (χ3v) is 3.45. The third kappa shape index (κ3) is 2.76. The number of carbonyl (C=O) groups is 2. The number of rotatable bonds is 4. The number of imide groups is 1. The van der Waals surface area contributed by atoms with Crippen molar-refractivity contribution in [2.75, 3.05) is 14.2 Å². The predicted octanol–water partition coefficient (Wildman–Crippen LogP) is 1.10. The molecule has 0 radical (unpaired) electrons. The molecule has 1 fully saturated rings. The maximum atomic E-state index is 11.8. The van der Waals surface area contributed by atoms with Crippen molar-refractivity contribution in [3.05, 3.63) is 29.8 Å². The fourth-order valence-corrected chi connectivity index (χ4v) is 2.18. The highest BCUT2D eigenvalue weighted by atomic mass is 16.5. The molecule has 2 atom stereocenters. The number of amides is 2. The van der Waals surface area contributed by atoms with Gasteiger partial charge in [0, 0.05) is 13.1 Å². The van der Waals surface area contributed by atoms with E-state index in [1.54, 1.807) is 7.11 Å². The van der Waals surface area contributed by atoms with Crippen LogP contribution in [0.4, 0.5) is 0 Å². The van der Waals surface area contributed by atoms with Crippen molar-refractivity contribution in [3.8, 4) is 5.75 Å². The van der Waals surface area contributed by atoms with E-state index in [1.165, 1.54) is 11.9 Å². The average Bonchev–Trinajstić information content (AvgIpc) is 2.66. The van der Waals surface area contributed by atoms with Crippen LogP contribution in [0, 0.1) is 0 Å². The number of nitrogens with one attached hydrogen (secondary N) is 1. The van der Waals surface area contributed by atoms with E-state index in [2.05, 4.69) is 5.32 Å². The Hall–Kier alpha value is -1.88. The fraction of sp³-hybridized carbons (Fsp3) is 0.429. The summed E-state index contributed by atoms with van der Waals surface area (Å²) in [6.45, 7) is 1.97. The Morgan fingerprint density at radius 2 is 1.95 bits per heavy atom. The molecular formula is C14H18N2O3. The molecule has 102 valence electrons. The number of likely N-dealkylation sites (N-methyl/N-ethyl adjacent to an activating group) is 1. The Labute approximate surface area is 112 Å². The Morgan fingerprint density at radius 1 is 1.32 bits per heavy atom. The monoisotopic (exact) mass is 262 g/mol. The van der Waals surface area contributed by atoms with Gasteiger partial charge in [0.05, 0.1) is 19.6 Å². The molecule has 2 amide bonds. The van der Waals surface area contributed by atoms with Crippen LogP contribution in [0.5, 0.6) is 5.75 Å². The van der Waals surface area contributed by atoms with Gasteiger partial charge in [0.25, 0.3) is 0 Å². The molecule has 1 aliphatic heterocycles. The minimum absolute atomic E-state index is 0.000781. The quantitative estimate of drug-likeness (QED) is 0.826. The molecule has 1 N–H and O–H groups in total. The van der Waals surface area contributed by atoms with Gasteiger partial charge in [-0.15, -0.1) is 0 Å². The summed E-state index contributed by atoms with van der Waals surface area (Å²) in [6.07, 6.45) is 0.232. The molecule has 2 unspecified atom stereocenters. The molecule has 5 nitrogen and oxygen atoms in total. The Bertz CT molecular complexity index is 484. The van der Waals surface area contributed by atoms with E-state index in [-0.39, 0.29) is 24.3 Å². The van der Waals surface area contributed by atoms with Crippen LogP contribution >= 0.6 is 0 Å². The van der Waals surface area contributed by atoms with Crippen molar-refractivity contribution in [2.45, 2.75) is 25.4 Å². The van der Waals surface area contributed by atoms with E-state index in [4.69, 9.17) is 4.74 Å².